The fourth-order valence-electron chi connectivity index (χ4n) is 1.78. The summed E-state index contributed by atoms with van der Waals surface area (Å²) in [7, 11) is 1.64. The maximum Gasteiger partial charge on any atom is 0.238 e. The van der Waals surface area contributed by atoms with E-state index in [-0.39, 0.29) is 11.3 Å². The first-order valence-electron chi connectivity index (χ1n) is 4.61. The first kappa shape index (κ1) is 9.85. The maximum absolute atomic E-state index is 11.2. The monoisotopic (exact) mass is 189 g/mol. The molecule has 0 radical (unpaired) electrons. The summed E-state index contributed by atoms with van der Waals surface area (Å²) >= 11 is 6.00. The predicted octanol–water partition coefficient (Wildman–Crippen LogP) is 1.92. The largest absolute Gasteiger partial charge is 0.358 e. The Hall–Kier alpha value is -0.240. The van der Waals surface area contributed by atoms with Crippen LogP contribution in [-0.2, 0) is 4.79 Å². The number of amides is 1. The zero-order valence-corrected chi connectivity index (χ0v) is 8.23. The van der Waals surface area contributed by atoms with Crippen LogP contribution in [0.4, 0.5) is 0 Å². The van der Waals surface area contributed by atoms with Crippen LogP contribution in [0.15, 0.2) is 0 Å². The predicted molar refractivity (Wildman–Crippen MR) is 50.3 cm³/mol. The van der Waals surface area contributed by atoms with Crippen LogP contribution in [0.3, 0.4) is 0 Å². The maximum atomic E-state index is 11.2. The van der Waals surface area contributed by atoms with Gasteiger partial charge in [0.1, 0.15) is 5.38 Å². The molecule has 0 heterocycles. The van der Waals surface area contributed by atoms with Crippen molar-refractivity contribution < 1.29 is 4.79 Å². The standard InChI is InChI=1S/C9H16ClNO/c1-11-9(12)8(10)7-5-3-2-4-6-7/h7-8H,2-6H2,1H3,(H,11,12). The van der Waals surface area contributed by atoms with Gasteiger partial charge in [-0.3, -0.25) is 4.79 Å². The molecular formula is C9H16ClNO. The summed E-state index contributed by atoms with van der Waals surface area (Å²) in [4.78, 5) is 11.2. The van der Waals surface area contributed by atoms with E-state index >= 15 is 0 Å². The van der Waals surface area contributed by atoms with Gasteiger partial charge in [0.15, 0.2) is 0 Å². The van der Waals surface area contributed by atoms with Crippen molar-refractivity contribution in [2.75, 3.05) is 7.05 Å². The average molecular weight is 190 g/mol. The molecule has 1 aliphatic rings. The van der Waals surface area contributed by atoms with Crippen LogP contribution in [0.25, 0.3) is 0 Å². The van der Waals surface area contributed by atoms with Crippen molar-refractivity contribution >= 4 is 17.5 Å². The van der Waals surface area contributed by atoms with Crippen LogP contribution in [-0.4, -0.2) is 18.3 Å². The third kappa shape index (κ3) is 2.37. The normalized spacial score (nSPS) is 21.8. The summed E-state index contributed by atoms with van der Waals surface area (Å²) in [6.45, 7) is 0. The molecule has 1 atom stereocenters. The van der Waals surface area contributed by atoms with E-state index in [1.54, 1.807) is 7.05 Å². The van der Waals surface area contributed by atoms with Crippen molar-refractivity contribution in [3.63, 3.8) is 0 Å². The van der Waals surface area contributed by atoms with Gasteiger partial charge in [0.05, 0.1) is 0 Å². The zero-order chi connectivity index (χ0) is 8.97. The first-order valence-corrected chi connectivity index (χ1v) is 5.05. The van der Waals surface area contributed by atoms with Crippen LogP contribution in [0, 0.1) is 5.92 Å². The van der Waals surface area contributed by atoms with Crippen molar-refractivity contribution in [3.05, 3.63) is 0 Å². The molecule has 0 aromatic heterocycles. The van der Waals surface area contributed by atoms with E-state index in [0.29, 0.717) is 5.92 Å². The van der Waals surface area contributed by atoms with Gasteiger partial charge in [-0.25, -0.2) is 0 Å². The van der Waals surface area contributed by atoms with Gasteiger partial charge >= 0.3 is 0 Å². The van der Waals surface area contributed by atoms with Gasteiger partial charge in [0.25, 0.3) is 0 Å². The van der Waals surface area contributed by atoms with E-state index in [9.17, 15) is 4.79 Å². The molecule has 0 aliphatic heterocycles. The van der Waals surface area contributed by atoms with Gasteiger partial charge in [-0.2, -0.15) is 0 Å². The topological polar surface area (TPSA) is 29.1 Å². The Morgan fingerprint density at radius 1 is 1.42 bits per heavy atom. The molecule has 3 heteroatoms. The molecule has 0 aromatic carbocycles. The van der Waals surface area contributed by atoms with Gasteiger partial charge in [-0.05, 0) is 18.8 Å². The quantitative estimate of drug-likeness (QED) is 0.661. The van der Waals surface area contributed by atoms with E-state index < -0.39 is 0 Å². The summed E-state index contributed by atoms with van der Waals surface area (Å²) in [5, 5.41) is 2.28. The molecule has 1 rings (SSSR count). The minimum Gasteiger partial charge on any atom is -0.358 e. The number of halogens is 1. The highest BCUT2D eigenvalue weighted by atomic mass is 35.5. The number of rotatable bonds is 2. The fourth-order valence-corrected chi connectivity index (χ4v) is 2.14. The van der Waals surface area contributed by atoms with Crippen LogP contribution in [0.2, 0.25) is 0 Å². The number of alkyl halides is 1. The van der Waals surface area contributed by atoms with E-state index in [1.807, 2.05) is 0 Å². The number of carbonyl (C=O) groups is 1. The molecule has 1 unspecified atom stereocenters. The lowest BCUT2D eigenvalue weighted by Crippen LogP contribution is -2.34. The zero-order valence-electron chi connectivity index (χ0n) is 7.48. The number of carbonyl (C=O) groups excluding carboxylic acids is 1. The summed E-state index contributed by atoms with van der Waals surface area (Å²) < 4.78 is 0. The smallest absolute Gasteiger partial charge is 0.238 e. The third-order valence-corrected chi connectivity index (χ3v) is 3.12. The molecule has 0 aromatic rings. The first-order chi connectivity index (χ1) is 5.75. The molecule has 0 bridgehead atoms. The molecule has 1 amide bonds. The molecule has 12 heavy (non-hydrogen) atoms. The SMILES string of the molecule is CNC(=O)C(Cl)C1CCCCC1. The second kappa shape index (κ2) is 4.70. The van der Waals surface area contributed by atoms with Crippen LogP contribution < -0.4 is 5.32 Å². The Balaban J connectivity index is 2.39. The molecule has 1 saturated carbocycles. The van der Waals surface area contributed by atoms with E-state index in [1.165, 1.54) is 19.3 Å². The Morgan fingerprint density at radius 3 is 2.50 bits per heavy atom. The van der Waals surface area contributed by atoms with E-state index in [4.69, 9.17) is 11.6 Å². The summed E-state index contributed by atoms with van der Waals surface area (Å²) in [6.07, 6.45) is 5.98. The Kier molecular flexibility index (Phi) is 3.86. The van der Waals surface area contributed by atoms with Crippen molar-refractivity contribution in [1.29, 1.82) is 0 Å². The molecule has 1 N–H and O–H groups in total. The molecule has 2 nitrogen and oxygen atoms in total. The fraction of sp³-hybridized carbons (Fsp3) is 0.889. The van der Waals surface area contributed by atoms with Crippen molar-refractivity contribution in [1.82, 2.24) is 5.32 Å². The molecule has 70 valence electrons. The summed E-state index contributed by atoms with van der Waals surface area (Å²) in [5.41, 5.74) is 0. The van der Waals surface area contributed by atoms with Crippen LogP contribution in [0.1, 0.15) is 32.1 Å². The number of hydrogen-bond acceptors (Lipinski definition) is 1. The van der Waals surface area contributed by atoms with Gasteiger partial charge in [0, 0.05) is 7.05 Å². The minimum atomic E-state index is -0.310. The van der Waals surface area contributed by atoms with Crippen molar-refractivity contribution in [2.24, 2.45) is 5.92 Å². The molecule has 0 saturated heterocycles. The summed E-state index contributed by atoms with van der Waals surface area (Å²) in [6, 6.07) is 0. The van der Waals surface area contributed by atoms with Crippen molar-refractivity contribution in [2.45, 2.75) is 37.5 Å². The van der Waals surface area contributed by atoms with Gasteiger partial charge in [-0.15, -0.1) is 11.6 Å². The highest BCUT2D eigenvalue weighted by molar-refractivity contribution is 6.30. The van der Waals surface area contributed by atoms with Gasteiger partial charge < -0.3 is 5.32 Å². The van der Waals surface area contributed by atoms with E-state index in [0.717, 1.165) is 12.8 Å². The second-order valence-electron chi connectivity index (χ2n) is 3.41. The minimum absolute atomic E-state index is 0.0245. The van der Waals surface area contributed by atoms with Crippen molar-refractivity contribution in [3.8, 4) is 0 Å². The lowest BCUT2D eigenvalue weighted by molar-refractivity contribution is -0.121. The Morgan fingerprint density at radius 2 is 2.00 bits per heavy atom. The average Bonchev–Trinajstić information content (AvgIpc) is 2.17. The van der Waals surface area contributed by atoms with Gasteiger partial charge in [-0.1, -0.05) is 19.3 Å². The number of hydrogen-bond donors (Lipinski definition) is 1. The lowest BCUT2D eigenvalue weighted by Gasteiger charge is -2.24. The van der Waals surface area contributed by atoms with Gasteiger partial charge in [0.2, 0.25) is 5.91 Å². The summed E-state index contributed by atoms with van der Waals surface area (Å²) in [5.74, 6) is 0.379. The highest BCUT2D eigenvalue weighted by Crippen LogP contribution is 2.29. The molecular weight excluding hydrogens is 174 g/mol. The molecule has 0 spiro atoms. The number of nitrogens with one attached hydrogen (secondary N) is 1. The highest BCUT2D eigenvalue weighted by Gasteiger charge is 2.26. The Labute approximate surface area is 78.7 Å². The third-order valence-electron chi connectivity index (χ3n) is 2.56. The van der Waals surface area contributed by atoms with Crippen LogP contribution in [0.5, 0.6) is 0 Å². The molecule has 1 fully saturated rings. The Bertz CT molecular complexity index is 155. The molecule has 1 aliphatic carbocycles. The van der Waals surface area contributed by atoms with E-state index in [2.05, 4.69) is 5.32 Å². The second-order valence-corrected chi connectivity index (χ2v) is 3.88. The lowest BCUT2D eigenvalue weighted by atomic mass is 9.86. The van der Waals surface area contributed by atoms with Crippen LogP contribution >= 0.6 is 11.6 Å².